The number of aromatic nitrogens is 3. The summed E-state index contributed by atoms with van der Waals surface area (Å²) in [6.07, 6.45) is 10.1. The number of carbonyl (C=O) groups excluding carboxylic acids is 1. The van der Waals surface area contributed by atoms with E-state index in [-0.39, 0.29) is 5.78 Å². The summed E-state index contributed by atoms with van der Waals surface area (Å²) in [6.45, 7) is 0. The molecule has 0 fully saturated rings. The summed E-state index contributed by atoms with van der Waals surface area (Å²) in [5.41, 5.74) is 0.895. The van der Waals surface area contributed by atoms with E-state index in [2.05, 4.69) is 21.3 Å². The molecule has 0 saturated carbocycles. The Labute approximate surface area is 88.8 Å². The number of allylic oxidation sites excluding steroid dienone is 2. The first-order valence-corrected chi connectivity index (χ1v) is 5.47. The van der Waals surface area contributed by atoms with E-state index in [0.29, 0.717) is 5.82 Å². The van der Waals surface area contributed by atoms with Gasteiger partial charge in [0, 0.05) is 0 Å². The lowest BCUT2D eigenvalue weighted by Gasteiger charge is -2.08. The maximum atomic E-state index is 11.9. The molecule has 0 radical (unpaired) electrons. The molecule has 0 unspecified atom stereocenters. The second-order valence-corrected chi connectivity index (χ2v) is 3.85. The van der Waals surface area contributed by atoms with Crippen molar-refractivity contribution in [3.8, 4) is 0 Å². The number of nitrogens with zero attached hydrogens (tertiary/aromatic N) is 2. The topological polar surface area (TPSA) is 58.6 Å². The summed E-state index contributed by atoms with van der Waals surface area (Å²) in [6, 6.07) is 0. The summed E-state index contributed by atoms with van der Waals surface area (Å²) in [4.78, 5) is 15.8. The van der Waals surface area contributed by atoms with Crippen molar-refractivity contribution in [3.63, 3.8) is 0 Å². The fourth-order valence-corrected chi connectivity index (χ4v) is 1.86. The zero-order valence-electron chi connectivity index (χ0n) is 8.70. The molecule has 1 N–H and O–H groups in total. The fourth-order valence-electron chi connectivity index (χ4n) is 1.86. The summed E-state index contributed by atoms with van der Waals surface area (Å²) in [5.74, 6) is 0.372. The molecule has 0 atom stereocenters. The minimum Gasteiger partial charge on any atom is -0.285 e. The van der Waals surface area contributed by atoms with Crippen LogP contribution in [-0.2, 0) is 0 Å². The lowest BCUT2D eigenvalue weighted by atomic mass is 9.97. The molecule has 0 spiro atoms. The van der Waals surface area contributed by atoms with Crippen LogP contribution in [0.1, 0.15) is 49.1 Å². The standard InChI is InChI=1S/C11H15N3O/c15-10(11-12-8-13-14-11)9-6-4-2-1-3-5-7-9/h6,8H,1-5,7H2,(H,12,13,14). The Bertz CT molecular complexity index is 354. The lowest BCUT2D eigenvalue weighted by Crippen LogP contribution is -2.07. The van der Waals surface area contributed by atoms with Crippen molar-refractivity contribution in [2.75, 3.05) is 0 Å². The number of H-pyrrole nitrogens is 1. The highest BCUT2D eigenvalue weighted by atomic mass is 16.1. The first-order valence-electron chi connectivity index (χ1n) is 5.47. The van der Waals surface area contributed by atoms with Crippen LogP contribution in [0.2, 0.25) is 0 Å². The summed E-state index contributed by atoms with van der Waals surface area (Å²) >= 11 is 0. The maximum absolute atomic E-state index is 11.9. The maximum Gasteiger partial charge on any atom is 0.225 e. The lowest BCUT2D eigenvalue weighted by molar-refractivity contribution is 0.102. The Kier molecular flexibility index (Phi) is 3.27. The van der Waals surface area contributed by atoms with Crippen LogP contribution in [-0.4, -0.2) is 21.0 Å². The van der Waals surface area contributed by atoms with Crippen LogP contribution in [0.3, 0.4) is 0 Å². The molecule has 4 nitrogen and oxygen atoms in total. The van der Waals surface area contributed by atoms with Gasteiger partial charge in [-0.1, -0.05) is 18.9 Å². The molecule has 0 amide bonds. The number of ketones is 1. The molecule has 1 aromatic heterocycles. The van der Waals surface area contributed by atoms with Gasteiger partial charge >= 0.3 is 0 Å². The molecule has 15 heavy (non-hydrogen) atoms. The summed E-state index contributed by atoms with van der Waals surface area (Å²) in [7, 11) is 0. The van der Waals surface area contributed by atoms with Crippen LogP contribution in [0, 0.1) is 0 Å². The van der Waals surface area contributed by atoms with Gasteiger partial charge in [-0.2, -0.15) is 5.10 Å². The highest BCUT2D eigenvalue weighted by molar-refractivity contribution is 6.05. The van der Waals surface area contributed by atoms with E-state index in [9.17, 15) is 4.79 Å². The van der Waals surface area contributed by atoms with Crippen LogP contribution in [0.4, 0.5) is 0 Å². The van der Waals surface area contributed by atoms with Gasteiger partial charge in [0.1, 0.15) is 6.33 Å². The van der Waals surface area contributed by atoms with Gasteiger partial charge in [-0.25, -0.2) is 4.98 Å². The average Bonchev–Trinajstić information content (AvgIpc) is 2.68. The molecule has 1 aliphatic carbocycles. The van der Waals surface area contributed by atoms with Crippen LogP contribution in [0.25, 0.3) is 0 Å². The molecule has 0 aromatic carbocycles. The normalized spacial score (nSPS) is 17.7. The molecule has 2 rings (SSSR count). The van der Waals surface area contributed by atoms with Gasteiger partial charge in [0.2, 0.25) is 5.78 Å². The largest absolute Gasteiger partial charge is 0.285 e. The van der Waals surface area contributed by atoms with E-state index < -0.39 is 0 Å². The van der Waals surface area contributed by atoms with Crippen molar-refractivity contribution in [3.05, 3.63) is 23.8 Å². The smallest absolute Gasteiger partial charge is 0.225 e. The molecule has 1 aromatic rings. The van der Waals surface area contributed by atoms with Gasteiger partial charge < -0.3 is 0 Å². The second kappa shape index (κ2) is 4.87. The molecule has 4 heteroatoms. The third-order valence-electron chi connectivity index (χ3n) is 2.71. The molecule has 1 aliphatic rings. The Morgan fingerprint density at radius 3 is 2.93 bits per heavy atom. The predicted octanol–water partition coefficient (Wildman–Crippen LogP) is 2.27. The van der Waals surface area contributed by atoms with Gasteiger partial charge in [0.25, 0.3) is 0 Å². The number of hydrogen-bond donors (Lipinski definition) is 1. The predicted molar refractivity (Wildman–Crippen MR) is 56.5 cm³/mol. The van der Waals surface area contributed by atoms with Crippen LogP contribution < -0.4 is 0 Å². The van der Waals surface area contributed by atoms with Crippen LogP contribution in [0.5, 0.6) is 0 Å². The summed E-state index contributed by atoms with van der Waals surface area (Å²) in [5, 5.41) is 6.31. The average molecular weight is 205 g/mol. The van der Waals surface area contributed by atoms with E-state index in [1.165, 1.54) is 25.6 Å². The number of aromatic amines is 1. The SMILES string of the molecule is O=C(C1=CCCCCCC1)c1ncn[nH]1. The highest BCUT2D eigenvalue weighted by Gasteiger charge is 2.15. The molecule has 0 aliphatic heterocycles. The minimum absolute atomic E-state index is 0.00870. The van der Waals surface area contributed by atoms with E-state index in [1.807, 2.05) is 0 Å². The van der Waals surface area contributed by atoms with Crippen molar-refractivity contribution in [2.24, 2.45) is 0 Å². The Morgan fingerprint density at radius 1 is 1.27 bits per heavy atom. The van der Waals surface area contributed by atoms with Crippen molar-refractivity contribution < 1.29 is 4.79 Å². The first-order chi connectivity index (χ1) is 7.38. The molecule has 0 saturated heterocycles. The highest BCUT2D eigenvalue weighted by Crippen LogP contribution is 2.19. The van der Waals surface area contributed by atoms with Gasteiger partial charge in [-0.05, 0) is 31.3 Å². The van der Waals surface area contributed by atoms with Crippen molar-refractivity contribution >= 4 is 5.78 Å². The molecule has 0 bridgehead atoms. The number of carbonyl (C=O) groups is 1. The van der Waals surface area contributed by atoms with Gasteiger partial charge in [-0.3, -0.25) is 9.89 Å². The molecule has 80 valence electrons. The van der Waals surface area contributed by atoms with E-state index in [4.69, 9.17) is 0 Å². The zero-order chi connectivity index (χ0) is 10.5. The van der Waals surface area contributed by atoms with Crippen molar-refractivity contribution in [1.82, 2.24) is 15.2 Å². The molecular formula is C11H15N3O. The van der Waals surface area contributed by atoms with E-state index in [1.54, 1.807) is 0 Å². The third-order valence-corrected chi connectivity index (χ3v) is 2.71. The van der Waals surface area contributed by atoms with Crippen molar-refractivity contribution in [1.29, 1.82) is 0 Å². The monoisotopic (exact) mass is 205 g/mol. The number of hydrogen-bond acceptors (Lipinski definition) is 3. The minimum atomic E-state index is 0.00870. The van der Waals surface area contributed by atoms with Gasteiger partial charge in [0.05, 0.1) is 0 Å². The Balaban J connectivity index is 2.11. The van der Waals surface area contributed by atoms with Crippen LogP contribution in [0.15, 0.2) is 18.0 Å². The van der Waals surface area contributed by atoms with Crippen molar-refractivity contribution in [2.45, 2.75) is 38.5 Å². The van der Waals surface area contributed by atoms with E-state index in [0.717, 1.165) is 24.8 Å². The zero-order valence-corrected chi connectivity index (χ0v) is 8.70. The second-order valence-electron chi connectivity index (χ2n) is 3.85. The number of nitrogens with one attached hydrogen (secondary N) is 1. The quantitative estimate of drug-likeness (QED) is 0.753. The first kappa shape index (κ1) is 10.1. The van der Waals surface area contributed by atoms with Gasteiger partial charge in [-0.15, -0.1) is 0 Å². The molecule has 1 heterocycles. The molecular weight excluding hydrogens is 190 g/mol. The fraction of sp³-hybridized carbons (Fsp3) is 0.545. The third kappa shape index (κ3) is 2.52. The van der Waals surface area contributed by atoms with Gasteiger partial charge in [0.15, 0.2) is 5.82 Å². The van der Waals surface area contributed by atoms with E-state index >= 15 is 0 Å². The number of rotatable bonds is 2. The Hall–Kier alpha value is -1.45. The summed E-state index contributed by atoms with van der Waals surface area (Å²) < 4.78 is 0. The Morgan fingerprint density at radius 2 is 2.13 bits per heavy atom. The number of Topliss-reactive ketones (excluding diaryl/α,β-unsaturated/α-hetero) is 1. The van der Waals surface area contributed by atoms with Crippen LogP contribution >= 0.6 is 0 Å².